The van der Waals surface area contributed by atoms with Crippen LogP contribution < -0.4 is 0 Å². The minimum Gasteiger partial charge on any atom is -0.487 e. The van der Waals surface area contributed by atoms with E-state index >= 15 is 0 Å². The van der Waals surface area contributed by atoms with Gasteiger partial charge in [-0.3, -0.25) is 10.1 Å². The normalized spacial score (nSPS) is 10.0. The van der Waals surface area contributed by atoms with Gasteiger partial charge in [0.15, 0.2) is 0 Å². The Balaban J connectivity index is 0. The molecule has 1 aliphatic rings. The highest BCUT2D eigenvalue weighted by atomic mass is 35.5. The van der Waals surface area contributed by atoms with Gasteiger partial charge in [0.05, 0.1) is 4.92 Å². The first-order valence-electron chi connectivity index (χ1n) is 3.90. The zero-order valence-corrected chi connectivity index (χ0v) is 9.09. The second-order valence-corrected chi connectivity index (χ2v) is 2.42. The number of nitrogens with zero attached hydrogens (tertiary/aromatic N) is 3. The number of benzene rings is 1. The minimum atomic E-state index is -0.417. The molecule has 0 bridgehead atoms. The molecule has 0 amide bonds. The van der Waals surface area contributed by atoms with Crippen LogP contribution in [0.3, 0.4) is 0 Å². The van der Waals surface area contributed by atoms with Crippen molar-refractivity contribution in [3.8, 4) is 0 Å². The van der Waals surface area contributed by atoms with Gasteiger partial charge in [0.1, 0.15) is 12.4 Å². The van der Waals surface area contributed by atoms with Crippen molar-refractivity contribution < 1.29 is 9.66 Å². The molecule has 0 N–H and O–H groups in total. The molecule has 7 heteroatoms. The van der Waals surface area contributed by atoms with Crippen LogP contribution in [0.4, 0.5) is 5.69 Å². The van der Waals surface area contributed by atoms with Crippen LogP contribution in [0.5, 0.6) is 0 Å². The summed E-state index contributed by atoms with van der Waals surface area (Å²) in [6.45, 7) is 4.24. The van der Waals surface area contributed by atoms with Crippen molar-refractivity contribution in [3.05, 3.63) is 52.8 Å². The Morgan fingerprint density at radius 1 is 1.31 bits per heavy atom. The lowest BCUT2D eigenvalue weighted by molar-refractivity contribution is -0.384. The molecule has 2 rings (SSSR count). The third-order valence-electron chi connectivity index (χ3n) is 1.32. The summed E-state index contributed by atoms with van der Waals surface area (Å²) < 4.78 is 4.51. The largest absolute Gasteiger partial charge is 0.487 e. The van der Waals surface area contributed by atoms with Gasteiger partial charge < -0.3 is 4.74 Å². The minimum absolute atomic E-state index is 0. The van der Waals surface area contributed by atoms with Crippen LogP contribution >= 0.6 is 12.4 Å². The number of rotatable bonds is 1. The molecule has 0 unspecified atom stereocenters. The number of halogens is 1. The van der Waals surface area contributed by atoms with E-state index in [1.165, 1.54) is 12.1 Å². The van der Waals surface area contributed by atoms with E-state index in [4.69, 9.17) is 10.8 Å². The summed E-state index contributed by atoms with van der Waals surface area (Å²) in [5.41, 5.74) is 0.137. The lowest BCUT2D eigenvalue weighted by atomic mass is 10.3. The van der Waals surface area contributed by atoms with Crippen LogP contribution in [0.15, 0.2) is 42.7 Å². The number of hydrogen-bond donors (Lipinski definition) is 0. The van der Waals surface area contributed by atoms with Crippen molar-refractivity contribution in [1.29, 1.82) is 10.8 Å². The molecule has 0 spiro atoms. The molecule has 1 saturated heterocycles. The van der Waals surface area contributed by atoms with Gasteiger partial charge in [-0.1, -0.05) is 24.8 Å². The molecule has 0 atom stereocenters. The Morgan fingerprint density at radius 3 is 1.88 bits per heavy atom. The SMILES string of the molecule is C=C1CO1.Cl.N#N.O=[N+]([O-])c1ccccc1. The van der Waals surface area contributed by atoms with E-state index < -0.39 is 4.92 Å². The van der Waals surface area contributed by atoms with E-state index in [1.807, 2.05) is 0 Å². The summed E-state index contributed by atoms with van der Waals surface area (Å²) in [5, 5.41) is 22.0. The number of nitro benzene ring substituents is 1. The quantitative estimate of drug-likeness (QED) is 0.326. The number of ether oxygens (including phenoxy) is 1. The lowest BCUT2D eigenvalue weighted by Crippen LogP contribution is -1.84. The van der Waals surface area contributed by atoms with Gasteiger partial charge in [-0.15, -0.1) is 12.4 Å². The molecule has 0 aliphatic carbocycles. The zero-order valence-electron chi connectivity index (χ0n) is 8.28. The monoisotopic (exact) mass is 243 g/mol. The molecule has 0 aromatic heterocycles. The molecule has 1 aromatic rings. The topological polar surface area (TPSA) is 103 Å². The molecule has 1 heterocycles. The smallest absolute Gasteiger partial charge is 0.269 e. The standard InChI is InChI=1S/C6H5NO2.C3H4O.ClH.N2/c8-7(9)6-4-2-1-3-5-6;1-3-2-4-3;;1-2/h1-5H;1-2H2;1H;. The number of para-hydroxylation sites is 1. The van der Waals surface area contributed by atoms with Crippen molar-refractivity contribution in [2.75, 3.05) is 6.61 Å². The third kappa shape index (κ3) is 8.47. The molecule has 0 saturated carbocycles. The highest BCUT2D eigenvalue weighted by molar-refractivity contribution is 5.85. The maximum atomic E-state index is 10.0. The first-order valence-corrected chi connectivity index (χ1v) is 3.90. The summed E-state index contributed by atoms with van der Waals surface area (Å²) in [6.07, 6.45) is 0. The van der Waals surface area contributed by atoms with E-state index in [-0.39, 0.29) is 18.1 Å². The van der Waals surface area contributed by atoms with Crippen molar-refractivity contribution >= 4 is 18.1 Å². The van der Waals surface area contributed by atoms with Crippen molar-refractivity contribution in [2.24, 2.45) is 0 Å². The number of nitro groups is 1. The van der Waals surface area contributed by atoms with E-state index in [9.17, 15) is 10.1 Å². The predicted molar refractivity (Wildman–Crippen MR) is 58.9 cm³/mol. The fraction of sp³-hybridized carbons (Fsp3) is 0.111. The van der Waals surface area contributed by atoms with Crippen molar-refractivity contribution in [2.45, 2.75) is 0 Å². The maximum Gasteiger partial charge on any atom is 0.269 e. The average Bonchev–Trinajstić information content (AvgIpc) is 3.06. The fourth-order valence-electron chi connectivity index (χ4n) is 0.601. The summed E-state index contributed by atoms with van der Waals surface area (Å²) in [5.74, 6) is 0.917. The van der Waals surface area contributed by atoms with Gasteiger partial charge in [0.25, 0.3) is 5.69 Å². The highest BCUT2D eigenvalue weighted by Gasteiger charge is 2.05. The highest BCUT2D eigenvalue weighted by Crippen LogP contribution is 2.08. The van der Waals surface area contributed by atoms with Gasteiger partial charge in [0, 0.05) is 22.9 Å². The molecule has 1 aromatic carbocycles. The van der Waals surface area contributed by atoms with Gasteiger partial charge in [0.2, 0.25) is 0 Å². The van der Waals surface area contributed by atoms with E-state index in [1.54, 1.807) is 18.2 Å². The summed E-state index contributed by atoms with van der Waals surface area (Å²) in [6, 6.07) is 7.93. The van der Waals surface area contributed by atoms with Crippen LogP contribution in [0.1, 0.15) is 0 Å². The second kappa shape index (κ2) is 9.43. The van der Waals surface area contributed by atoms with Crippen LogP contribution in [-0.2, 0) is 4.74 Å². The molecule has 1 aliphatic heterocycles. The van der Waals surface area contributed by atoms with Gasteiger partial charge in [-0.25, -0.2) is 0 Å². The first kappa shape index (κ1) is 16.3. The summed E-state index contributed by atoms with van der Waals surface area (Å²) in [7, 11) is 0. The van der Waals surface area contributed by atoms with Crippen molar-refractivity contribution in [3.63, 3.8) is 0 Å². The number of non-ortho nitro benzene ring substituents is 1. The van der Waals surface area contributed by atoms with Crippen LogP contribution in [0.25, 0.3) is 0 Å². The number of hydrogen-bond acceptors (Lipinski definition) is 5. The zero-order chi connectivity index (χ0) is 11.7. The first-order chi connectivity index (χ1) is 7.20. The summed E-state index contributed by atoms with van der Waals surface area (Å²) in [4.78, 5) is 9.59. The Labute approximate surface area is 98.5 Å². The molecular formula is C9H10ClN3O3. The molecule has 16 heavy (non-hydrogen) atoms. The summed E-state index contributed by atoms with van der Waals surface area (Å²) >= 11 is 0. The number of epoxide rings is 1. The Morgan fingerprint density at radius 2 is 1.69 bits per heavy atom. The fourth-order valence-corrected chi connectivity index (χ4v) is 0.601. The van der Waals surface area contributed by atoms with Crippen LogP contribution in [0, 0.1) is 20.9 Å². The maximum absolute atomic E-state index is 10.0. The molecule has 0 radical (unpaired) electrons. The van der Waals surface area contributed by atoms with Crippen LogP contribution in [-0.4, -0.2) is 11.5 Å². The molecule has 6 nitrogen and oxygen atoms in total. The third-order valence-corrected chi connectivity index (χ3v) is 1.32. The van der Waals surface area contributed by atoms with Crippen LogP contribution in [0.2, 0.25) is 0 Å². The van der Waals surface area contributed by atoms with E-state index in [0.717, 1.165) is 12.4 Å². The van der Waals surface area contributed by atoms with Crippen molar-refractivity contribution in [1.82, 2.24) is 0 Å². The second-order valence-electron chi connectivity index (χ2n) is 2.42. The molecule has 1 fully saturated rings. The van der Waals surface area contributed by atoms with Gasteiger partial charge in [-0.2, -0.15) is 0 Å². The van der Waals surface area contributed by atoms with E-state index in [2.05, 4.69) is 11.3 Å². The Hall–Kier alpha value is -2.13. The predicted octanol–water partition coefficient (Wildman–Crippen LogP) is 2.58. The molecular weight excluding hydrogens is 234 g/mol. The molecule has 86 valence electrons. The van der Waals surface area contributed by atoms with E-state index in [0.29, 0.717) is 0 Å². The van der Waals surface area contributed by atoms with Gasteiger partial charge in [-0.05, 0) is 0 Å². The van der Waals surface area contributed by atoms with Gasteiger partial charge >= 0.3 is 0 Å². The Kier molecular flexibility index (Phi) is 9.61. The lowest BCUT2D eigenvalue weighted by Gasteiger charge is -1.85. The average molecular weight is 244 g/mol. The Bertz CT molecular complexity index is 348.